The Hall–Kier alpha value is -3.60. The number of halogens is 4. The third-order valence-electron chi connectivity index (χ3n) is 4.92. The molecule has 1 atom stereocenters. The van der Waals surface area contributed by atoms with E-state index >= 15 is 0 Å². The highest BCUT2D eigenvalue weighted by atomic mass is 19.4. The maximum absolute atomic E-state index is 13.1. The maximum Gasteiger partial charge on any atom is 0.416 e. The van der Waals surface area contributed by atoms with E-state index in [1.807, 2.05) is 0 Å². The number of nitrogens with zero attached hydrogens (tertiary/aromatic N) is 6. The predicted octanol–water partition coefficient (Wildman–Crippen LogP) is 3.21. The largest absolute Gasteiger partial charge is 0.416 e. The number of hydrogen-bond donors (Lipinski definition) is 1. The number of aromatic nitrogens is 6. The summed E-state index contributed by atoms with van der Waals surface area (Å²) in [6, 6.07) is 10.2. The second-order valence-corrected chi connectivity index (χ2v) is 7.36. The molecule has 2 aromatic carbocycles. The monoisotopic (exact) mass is 446 g/mol. The summed E-state index contributed by atoms with van der Waals surface area (Å²) in [7, 11) is 0. The zero-order chi connectivity index (χ0) is 22.8. The van der Waals surface area contributed by atoms with Gasteiger partial charge in [-0.15, -0.1) is 0 Å². The lowest BCUT2D eigenvalue weighted by Gasteiger charge is -2.28. The molecule has 0 aliphatic carbocycles. The first kappa shape index (κ1) is 21.6. The van der Waals surface area contributed by atoms with Crippen molar-refractivity contribution in [3.63, 3.8) is 0 Å². The molecule has 166 valence electrons. The van der Waals surface area contributed by atoms with E-state index in [-0.39, 0.29) is 24.5 Å². The highest BCUT2D eigenvalue weighted by Crippen LogP contribution is 2.32. The first-order chi connectivity index (χ1) is 15.2. The average molecular weight is 446 g/mol. The molecule has 0 aliphatic rings. The van der Waals surface area contributed by atoms with Gasteiger partial charge in [0, 0.05) is 6.42 Å². The van der Waals surface area contributed by atoms with E-state index in [4.69, 9.17) is 0 Å². The van der Waals surface area contributed by atoms with Gasteiger partial charge >= 0.3 is 6.18 Å². The van der Waals surface area contributed by atoms with Crippen molar-refractivity contribution < 1.29 is 22.7 Å². The Bertz CT molecular complexity index is 1160. The molecule has 0 fully saturated rings. The summed E-state index contributed by atoms with van der Waals surface area (Å²) < 4.78 is 54.7. The molecule has 0 radical (unpaired) electrons. The molecule has 7 nitrogen and oxygen atoms in total. The van der Waals surface area contributed by atoms with Crippen molar-refractivity contribution in [3.8, 4) is 0 Å². The molecule has 0 spiro atoms. The van der Waals surface area contributed by atoms with Crippen LogP contribution in [0.25, 0.3) is 0 Å². The van der Waals surface area contributed by atoms with Crippen LogP contribution < -0.4 is 0 Å². The van der Waals surface area contributed by atoms with Crippen molar-refractivity contribution in [2.45, 2.75) is 31.3 Å². The van der Waals surface area contributed by atoms with E-state index in [2.05, 4.69) is 20.2 Å². The Morgan fingerprint density at radius 1 is 0.844 bits per heavy atom. The number of alkyl halides is 3. The van der Waals surface area contributed by atoms with E-state index in [0.29, 0.717) is 12.2 Å². The molecule has 2 heterocycles. The lowest BCUT2D eigenvalue weighted by molar-refractivity contribution is -0.137. The Morgan fingerprint density at radius 2 is 1.50 bits per heavy atom. The van der Waals surface area contributed by atoms with Crippen molar-refractivity contribution >= 4 is 0 Å². The second kappa shape index (κ2) is 8.50. The van der Waals surface area contributed by atoms with Crippen molar-refractivity contribution in [2.24, 2.45) is 0 Å². The highest BCUT2D eigenvalue weighted by Gasteiger charge is 2.34. The fourth-order valence-corrected chi connectivity index (χ4v) is 3.33. The first-order valence-electron chi connectivity index (χ1n) is 9.57. The van der Waals surface area contributed by atoms with Crippen molar-refractivity contribution in [2.75, 3.05) is 0 Å². The lowest BCUT2D eigenvalue weighted by atomic mass is 9.92. The van der Waals surface area contributed by atoms with E-state index in [1.165, 1.54) is 52.6 Å². The van der Waals surface area contributed by atoms with Gasteiger partial charge < -0.3 is 5.11 Å². The average Bonchev–Trinajstić information content (AvgIpc) is 3.41. The molecule has 0 saturated carbocycles. The molecule has 0 saturated heterocycles. The smallest absolute Gasteiger partial charge is 0.381 e. The van der Waals surface area contributed by atoms with Crippen LogP contribution in [-0.4, -0.2) is 34.6 Å². The van der Waals surface area contributed by atoms with Gasteiger partial charge in [-0.3, -0.25) is 0 Å². The summed E-state index contributed by atoms with van der Waals surface area (Å²) in [5.74, 6) is 0.106. The molecule has 4 rings (SSSR count). The van der Waals surface area contributed by atoms with E-state index in [0.717, 1.165) is 17.7 Å². The van der Waals surface area contributed by atoms with Crippen LogP contribution in [0.15, 0.2) is 67.5 Å². The summed E-state index contributed by atoms with van der Waals surface area (Å²) in [6.45, 7) is -0.153. The van der Waals surface area contributed by atoms with E-state index in [9.17, 15) is 22.7 Å². The van der Waals surface area contributed by atoms with Crippen LogP contribution in [0.2, 0.25) is 0 Å². The number of rotatable bonds is 7. The third kappa shape index (κ3) is 4.99. The SMILES string of the molecule is OC(Cn1cncn1)(Cn1cnc(Cc2ccc(F)cc2)n1)c1ccc(C(F)(F)F)cc1. The van der Waals surface area contributed by atoms with Gasteiger partial charge in [-0.05, 0) is 35.4 Å². The topological polar surface area (TPSA) is 81.6 Å². The quantitative estimate of drug-likeness (QED) is 0.441. The van der Waals surface area contributed by atoms with Crippen LogP contribution in [-0.2, 0) is 31.3 Å². The van der Waals surface area contributed by atoms with Gasteiger partial charge in [-0.25, -0.2) is 23.7 Å². The third-order valence-corrected chi connectivity index (χ3v) is 4.92. The Kier molecular flexibility index (Phi) is 5.74. The van der Waals surface area contributed by atoms with Gasteiger partial charge in [-0.2, -0.15) is 23.4 Å². The first-order valence-corrected chi connectivity index (χ1v) is 9.57. The Morgan fingerprint density at radius 3 is 2.12 bits per heavy atom. The molecule has 11 heteroatoms. The molecule has 0 bridgehead atoms. The molecule has 32 heavy (non-hydrogen) atoms. The minimum absolute atomic E-state index is 0.0640. The number of aliphatic hydroxyl groups is 1. The summed E-state index contributed by atoms with van der Waals surface area (Å²) in [5, 5.41) is 19.8. The van der Waals surface area contributed by atoms with Gasteiger partial charge in [0.25, 0.3) is 0 Å². The molecule has 1 unspecified atom stereocenters. The zero-order valence-corrected chi connectivity index (χ0v) is 16.6. The molecular formula is C21H18F4N6O. The molecule has 1 N–H and O–H groups in total. The van der Waals surface area contributed by atoms with Crippen molar-refractivity contribution in [1.82, 2.24) is 29.5 Å². The van der Waals surface area contributed by atoms with E-state index < -0.39 is 17.3 Å². The number of benzene rings is 2. The summed E-state index contributed by atoms with van der Waals surface area (Å²) >= 11 is 0. The van der Waals surface area contributed by atoms with Gasteiger partial charge in [0.15, 0.2) is 5.82 Å². The zero-order valence-electron chi connectivity index (χ0n) is 16.6. The lowest BCUT2D eigenvalue weighted by Crippen LogP contribution is -2.36. The molecular weight excluding hydrogens is 428 g/mol. The summed E-state index contributed by atoms with van der Waals surface area (Å²) in [4.78, 5) is 8.06. The Balaban J connectivity index is 1.58. The van der Waals surface area contributed by atoms with Gasteiger partial charge in [0.05, 0.1) is 18.7 Å². The van der Waals surface area contributed by atoms with Crippen LogP contribution in [0.4, 0.5) is 17.6 Å². The summed E-state index contributed by atoms with van der Waals surface area (Å²) in [6.07, 6.45) is -0.00614. The van der Waals surface area contributed by atoms with Crippen molar-refractivity contribution in [3.05, 3.63) is 95.8 Å². The summed E-state index contributed by atoms with van der Waals surface area (Å²) in [5.41, 5.74) is -1.38. The van der Waals surface area contributed by atoms with Crippen LogP contribution >= 0.6 is 0 Å². The predicted molar refractivity (Wildman–Crippen MR) is 105 cm³/mol. The molecule has 0 amide bonds. The molecule has 2 aromatic heterocycles. The fraction of sp³-hybridized carbons (Fsp3) is 0.238. The minimum atomic E-state index is -4.48. The van der Waals surface area contributed by atoms with Gasteiger partial charge in [0.1, 0.15) is 30.4 Å². The van der Waals surface area contributed by atoms with Crippen LogP contribution in [0, 0.1) is 5.82 Å². The van der Waals surface area contributed by atoms with Crippen LogP contribution in [0.3, 0.4) is 0 Å². The van der Waals surface area contributed by atoms with Crippen LogP contribution in [0.5, 0.6) is 0 Å². The van der Waals surface area contributed by atoms with Crippen molar-refractivity contribution in [1.29, 1.82) is 0 Å². The molecule has 0 aliphatic heterocycles. The fourth-order valence-electron chi connectivity index (χ4n) is 3.33. The number of hydrogen-bond acceptors (Lipinski definition) is 5. The molecule has 4 aromatic rings. The standard InChI is InChI=1S/C21H18F4N6O/c22-18-7-1-15(2-8-18)9-19-27-14-31(29-19)11-20(32,10-30-13-26-12-28-30)16-3-5-17(6-4-16)21(23,24)25/h1-8,12-14,32H,9-11H2. The highest BCUT2D eigenvalue weighted by molar-refractivity contribution is 5.29. The minimum Gasteiger partial charge on any atom is -0.381 e. The maximum atomic E-state index is 13.1. The van der Waals surface area contributed by atoms with Gasteiger partial charge in [-0.1, -0.05) is 24.3 Å². The normalized spacial score (nSPS) is 13.8. The van der Waals surface area contributed by atoms with E-state index in [1.54, 1.807) is 12.1 Å². The van der Waals surface area contributed by atoms with Gasteiger partial charge in [0.2, 0.25) is 0 Å². The van der Waals surface area contributed by atoms with Crippen LogP contribution in [0.1, 0.15) is 22.5 Å². The Labute approximate surface area is 180 Å². The second-order valence-electron chi connectivity index (χ2n) is 7.36.